The molecule has 2 N–H and O–H groups in total. The average Bonchev–Trinajstić information content (AvgIpc) is 2.88. The number of methoxy groups -OCH3 is 1. The van der Waals surface area contributed by atoms with Crippen LogP contribution < -0.4 is 14.8 Å². The lowest BCUT2D eigenvalue weighted by molar-refractivity contribution is -0.113. The van der Waals surface area contributed by atoms with Gasteiger partial charge in [0.15, 0.2) is 23.0 Å². The Kier molecular flexibility index (Phi) is 7.90. The van der Waals surface area contributed by atoms with E-state index in [4.69, 9.17) is 14.2 Å². The minimum atomic E-state index is -4.18. The number of aliphatic hydroxyl groups is 1. The highest BCUT2D eigenvalue weighted by Gasteiger charge is 2.39. The number of nitrogens with zero attached hydrogens (tertiary/aromatic N) is 3. The van der Waals surface area contributed by atoms with E-state index in [1.165, 1.54) is 26.3 Å². The van der Waals surface area contributed by atoms with Crippen LogP contribution in [-0.2, 0) is 19.6 Å². The smallest absolute Gasteiger partial charge is 0.277 e. The number of anilines is 1. The molecule has 4 rings (SSSR count). The van der Waals surface area contributed by atoms with Crippen molar-refractivity contribution in [2.24, 2.45) is 0 Å². The molecule has 1 fully saturated rings. The number of hydrogen-bond acceptors (Lipinski definition) is 9. The standard InChI is InChI=1S/C25H32N4O7S/c1-16(2)17-5-6-22(26-15-17)27-25(31)23-24(30)18-13-19(34-4)20(14-21(18)37(32,33)28(23)3)36-12-9-29-7-10-35-11-8-29/h5-6,13-16,30H,7-12H2,1-4H3,(H,26,27,31). The molecule has 0 atom stereocenters. The predicted octanol–water partition coefficient (Wildman–Crippen LogP) is 2.42. The second-order valence-electron chi connectivity index (χ2n) is 9.06. The second kappa shape index (κ2) is 11.0. The van der Waals surface area contributed by atoms with Crippen LogP contribution in [0.5, 0.6) is 11.5 Å². The quantitative estimate of drug-likeness (QED) is 0.526. The summed E-state index contributed by atoms with van der Waals surface area (Å²) in [6.45, 7) is 7.90. The number of carbonyl (C=O) groups excluding carboxylic acids is 1. The van der Waals surface area contributed by atoms with Crippen LogP contribution in [0.2, 0.25) is 0 Å². The number of amides is 1. The van der Waals surface area contributed by atoms with Crippen LogP contribution in [0.15, 0.2) is 41.1 Å². The molecule has 3 heterocycles. The maximum Gasteiger partial charge on any atom is 0.277 e. The molecule has 0 aliphatic carbocycles. The van der Waals surface area contributed by atoms with Gasteiger partial charge in [0.1, 0.15) is 17.3 Å². The summed E-state index contributed by atoms with van der Waals surface area (Å²) in [5.41, 5.74) is 0.510. The van der Waals surface area contributed by atoms with Gasteiger partial charge >= 0.3 is 0 Å². The molecular formula is C25H32N4O7S. The summed E-state index contributed by atoms with van der Waals surface area (Å²) in [5.74, 6) is -0.365. The number of likely N-dealkylation sites (N-methyl/N-ethyl adjacent to an activating group) is 1. The normalized spacial score (nSPS) is 17.5. The number of fused-ring (bicyclic) bond motifs is 1. The molecule has 0 saturated carbocycles. The highest BCUT2D eigenvalue weighted by atomic mass is 32.2. The fourth-order valence-electron chi connectivity index (χ4n) is 4.11. The number of nitrogens with one attached hydrogen (secondary N) is 1. The number of carbonyl (C=O) groups is 1. The van der Waals surface area contributed by atoms with Crippen LogP contribution in [0, 0.1) is 0 Å². The molecule has 0 bridgehead atoms. The van der Waals surface area contributed by atoms with Gasteiger partial charge in [-0.1, -0.05) is 19.9 Å². The molecular weight excluding hydrogens is 500 g/mol. The maximum atomic E-state index is 13.4. The summed E-state index contributed by atoms with van der Waals surface area (Å²) >= 11 is 0. The first-order chi connectivity index (χ1) is 17.6. The zero-order valence-corrected chi connectivity index (χ0v) is 22.2. The lowest BCUT2D eigenvalue weighted by Gasteiger charge is -2.29. The van der Waals surface area contributed by atoms with Crippen LogP contribution in [-0.4, -0.2) is 87.2 Å². The zero-order chi connectivity index (χ0) is 26.7. The van der Waals surface area contributed by atoms with Crippen LogP contribution >= 0.6 is 0 Å². The summed E-state index contributed by atoms with van der Waals surface area (Å²) in [7, 11) is -1.55. The van der Waals surface area contributed by atoms with Crippen molar-refractivity contribution in [1.29, 1.82) is 0 Å². The first-order valence-corrected chi connectivity index (χ1v) is 13.4. The van der Waals surface area contributed by atoms with Gasteiger partial charge in [-0.2, -0.15) is 0 Å². The Morgan fingerprint density at radius 3 is 2.57 bits per heavy atom. The molecule has 0 spiro atoms. The molecule has 2 aromatic rings. The van der Waals surface area contributed by atoms with E-state index in [-0.39, 0.29) is 33.7 Å². The Labute approximate surface area is 216 Å². The van der Waals surface area contributed by atoms with E-state index < -0.39 is 27.4 Å². The topological polar surface area (TPSA) is 131 Å². The summed E-state index contributed by atoms with van der Waals surface area (Å²) in [4.78, 5) is 19.3. The highest BCUT2D eigenvalue weighted by molar-refractivity contribution is 7.89. The van der Waals surface area contributed by atoms with Gasteiger partial charge in [0.2, 0.25) is 0 Å². The summed E-state index contributed by atoms with van der Waals surface area (Å²) in [5, 5.41) is 13.6. The van der Waals surface area contributed by atoms with Gasteiger partial charge in [-0.3, -0.25) is 14.0 Å². The van der Waals surface area contributed by atoms with Gasteiger partial charge in [-0.05, 0) is 23.6 Å². The molecule has 200 valence electrons. The number of pyridine rings is 1. The molecule has 2 aliphatic heterocycles. The Balaban J connectivity index is 1.61. The van der Waals surface area contributed by atoms with Crippen molar-refractivity contribution < 1.29 is 32.5 Å². The van der Waals surface area contributed by atoms with E-state index in [9.17, 15) is 18.3 Å². The molecule has 1 saturated heterocycles. The molecule has 1 aromatic heterocycles. The Morgan fingerprint density at radius 1 is 1.22 bits per heavy atom. The summed E-state index contributed by atoms with van der Waals surface area (Å²) in [6.07, 6.45) is 1.64. The third-order valence-corrected chi connectivity index (χ3v) is 8.17. The van der Waals surface area contributed by atoms with Crippen LogP contribution in [0.1, 0.15) is 30.9 Å². The van der Waals surface area contributed by atoms with E-state index in [2.05, 4.69) is 15.2 Å². The highest BCUT2D eigenvalue weighted by Crippen LogP contribution is 2.41. The lowest BCUT2D eigenvalue weighted by Crippen LogP contribution is -2.38. The fourth-order valence-corrected chi connectivity index (χ4v) is 5.51. The fraction of sp³-hybridized carbons (Fsp3) is 0.440. The summed E-state index contributed by atoms with van der Waals surface area (Å²) in [6, 6.07) is 6.13. The minimum absolute atomic E-state index is 0.0521. The number of aromatic nitrogens is 1. The molecule has 12 heteroatoms. The van der Waals surface area contributed by atoms with Crippen molar-refractivity contribution in [3.8, 4) is 11.5 Å². The van der Waals surface area contributed by atoms with Crippen molar-refractivity contribution in [1.82, 2.24) is 14.2 Å². The first-order valence-electron chi connectivity index (χ1n) is 12.0. The third kappa shape index (κ3) is 5.50. The number of sulfonamides is 1. The van der Waals surface area contributed by atoms with E-state index in [1.54, 1.807) is 12.3 Å². The maximum absolute atomic E-state index is 13.4. The van der Waals surface area contributed by atoms with Crippen molar-refractivity contribution >= 4 is 27.5 Å². The largest absolute Gasteiger partial charge is 0.505 e. The van der Waals surface area contributed by atoms with Gasteiger partial charge in [-0.25, -0.2) is 13.4 Å². The second-order valence-corrected chi connectivity index (χ2v) is 11.0. The number of ether oxygens (including phenoxy) is 3. The molecule has 1 amide bonds. The molecule has 2 aliphatic rings. The van der Waals surface area contributed by atoms with Gasteiger partial charge in [0, 0.05) is 44.5 Å². The molecule has 37 heavy (non-hydrogen) atoms. The number of rotatable bonds is 8. The first kappa shape index (κ1) is 26.7. The van der Waals surface area contributed by atoms with Crippen LogP contribution in [0.3, 0.4) is 0 Å². The molecule has 1 aromatic carbocycles. The van der Waals surface area contributed by atoms with E-state index in [1.807, 2.05) is 19.9 Å². The minimum Gasteiger partial charge on any atom is -0.505 e. The van der Waals surface area contributed by atoms with E-state index >= 15 is 0 Å². The van der Waals surface area contributed by atoms with Crippen LogP contribution in [0.4, 0.5) is 5.82 Å². The predicted molar refractivity (Wildman–Crippen MR) is 137 cm³/mol. The van der Waals surface area contributed by atoms with Crippen molar-refractivity contribution in [2.75, 3.05) is 58.9 Å². The van der Waals surface area contributed by atoms with Gasteiger partial charge in [0.05, 0.1) is 20.3 Å². The SMILES string of the molecule is COc1cc2c(cc1OCCN1CCOCC1)S(=O)(=O)N(C)C(C(=O)Nc1ccc(C(C)C)cn1)=C2O. The van der Waals surface area contributed by atoms with Crippen molar-refractivity contribution in [3.05, 3.63) is 47.3 Å². The Bertz CT molecular complexity index is 1290. The van der Waals surface area contributed by atoms with Crippen molar-refractivity contribution in [3.63, 3.8) is 0 Å². The average molecular weight is 533 g/mol. The zero-order valence-electron chi connectivity index (χ0n) is 21.4. The molecule has 11 nitrogen and oxygen atoms in total. The monoisotopic (exact) mass is 532 g/mol. The van der Waals surface area contributed by atoms with Crippen molar-refractivity contribution in [2.45, 2.75) is 24.7 Å². The molecule has 0 radical (unpaired) electrons. The van der Waals surface area contributed by atoms with Gasteiger partial charge in [-0.15, -0.1) is 0 Å². The van der Waals surface area contributed by atoms with Crippen LogP contribution in [0.25, 0.3) is 5.76 Å². The van der Waals surface area contributed by atoms with E-state index in [0.717, 1.165) is 23.0 Å². The number of benzene rings is 1. The van der Waals surface area contributed by atoms with Gasteiger partial charge in [0.25, 0.3) is 15.9 Å². The Morgan fingerprint density at radius 2 is 1.95 bits per heavy atom. The Hall–Kier alpha value is -3.35. The number of hydrogen-bond donors (Lipinski definition) is 2. The summed E-state index contributed by atoms with van der Waals surface area (Å²) < 4.78 is 44.1. The van der Waals surface area contributed by atoms with Gasteiger partial charge < -0.3 is 24.6 Å². The molecule has 0 unspecified atom stereocenters. The lowest BCUT2D eigenvalue weighted by atomic mass is 10.1. The van der Waals surface area contributed by atoms with E-state index in [0.29, 0.717) is 26.4 Å². The third-order valence-electron chi connectivity index (χ3n) is 6.38. The number of aliphatic hydroxyl groups excluding tert-OH is 1. The number of morpholine rings is 1.